The molecule has 1 heterocycles. The third-order valence-corrected chi connectivity index (χ3v) is 4.12. The van der Waals surface area contributed by atoms with Gasteiger partial charge in [0.25, 0.3) is 0 Å². The molecule has 1 N–H and O–H groups in total. The molecule has 0 bridgehead atoms. The zero-order chi connectivity index (χ0) is 19.1. The van der Waals surface area contributed by atoms with E-state index in [-0.39, 0.29) is 22.2 Å². The monoisotopic (exact) mass is 382 g/mol. The molecule has 0 saturated heterocycles. The minimum absolute atomic E-state index is 0.0585. The quantitative estimate of drug-likeness (QED) is 0.625. The summed E-state index contributed by atoms with van der Waals surface area (Å²) in [5.41, 5.74) is 2.46. The van der Waals surface area contributed by atoms with Crippen molar-refractivity contribution in [3.05, 3.63) is 47.0 Å². The maximum atomic E-state index is 12.4. The predicted molar refractivity (Wildman–Crippen MR) is 93.2 cm³/mol. The first-order valence-corrected chi connectivity index (χ1v) is 8.11. The largest absolute Gasteiger partial charge is 0.471 e. The molecule has 0 aliphatic heterocycles. The van der Waals surface area contributed by atoms with Crippen LogP contribution in [-0.2, 0) is 4.79 Å². The van der Waals surface area contributed by atoms with Crippen molar-refractivity contribution < 1.29 is 22.4 Å². The normalized spacial score (nSPS) is 12.0. The molecule has 8 heteroatoms. The number of hydrogen-bond acceptors (Lipinski definition) is 3. The minimum Gasteiger partial charge on any atom is -0.436 e. The lowest BCUT2D eigenvalue weighted by atomic mass is 10.0. The maximum absolute atomic E-state index is 12.4. The standard InChI is InChI=1S/C18H14ClF3N2O2/c1-9(2)10-3-6-15-14(7-10)24-16(26-15)12-8-11(4-5-13(12)19)23-17(25)18(20,21)22/h3-9H,1-2H3,(H,23,25). The fourth-order valence-corrected chi connectivity index (χ4v) is 2.59. The summed E-state index contributed by atoms with van der Waals surface area (Å²) in [6, 6.07) is 9.52. The van der Waals surface area contributed by atoms with E-state index >= 15 is 0 Å². The van der Waals surface area contributed by atoms with Crippen molar-refractivity contribution in [1.29, 1.82) is 0 Å². The van der Waals surface area contributed by atoms with Crippen LogP contribution in [-0.4, -0.2) is 17.1 Å². The van der Waals surface area contributed by atoms with Crippen LogP contribution < -0.4 is 5.32 Å². The number of nitrogens with one attached hydrogen (secondary N) is 1. The second-order valence-electron chi connectivity index (χ2n) is 6.05. The van der Waals surface area contributed by atoms with Gasteiger partial charge in [-0.25, -0.2) is 4.98 Å². The number of rotatable bonds is 3. The van der Waals surface area contributed by atoms with Crippen LogP contribution >= 0.6 is 11.6 Å². The molecular weight excluding hydrogens is 369 g/mol. The first-order chi connectivity index (χ1) is 12.1. The Morgan fingerprint density at radius 1 is 1.19 bits per heavy atom. The molecule has 0 radical (unpaired) electrons. The highest BCUT2D eigenvalue weighted by molar-refractivity contribution is 6.33. The van der Waals surface area contributed by atoms with Crippen molar-refractivity contribution in [3.8, 4) is 11.5 Å². The Morgan fingerprint density at radius 2 is 1.92 bits per heavy atom. The Labute approximate surface area is 152 Å². The molecule has 0 saturated carbocycles. The van der Waals surface area contributed by atoms with Crippen LogP contribution in [0.5, 0.6) is 0 Å². The van der Waals surface area contributed by atoms with Gasteiger partial charge in [0, 0.05) is 5.69 Å². The lowest BCUT2D eigenvalue weighted by Crippen LogP contribution is -2.29. The number of carbonyl (C=O) groups excluding carboxylic acids is 1. The highest BCUT2D eigenvalue weighted by Crippen LogP contribution is 2.33. The van der Waals surface area contributed by atoms with E-state index in [0.29, 0.717) is 17.0 Å². The van der Waals surface area contributed by atoms with Crippen LogP contribution in [0.15, 0.2) is 40.8 Å². The van der Waals surface area contributed by atoms with E-state index in [1.807, 2.05) is 26.0 Å². The van der Waals surface area contributed by atoms with Gasteiger partial charge in [0.15, 0.2) is 5.58 Å². The zero-order valence-corrected chi connectivity index (χ0v) is 14.6. The molecule has 0 fully saturated rings. The molecule has 3 rings (SSSR count). The van der Waals surface area contributed by atoms with E-state index < -0.39 is 12.1 Å². The zero-order valence-electron chi connectivity index (χ0n) is 13.8. The Hall–Kier alpha value is -2.54. The van der Waals surface area contributed by atoms with Gasteiger partial charge in [0.1, 0.15) is 5.52 Å². The van der Waals surface area contributed by atoms with Gasteiger partial charge >= 0.3 is 12.1 Å². The molecule has 4 nitrogen and oxygen atoms in total. The van der Waals surface area contributed by atoms with Gasteiger partial charge < -0.3 is 9.73 Å². The first kappa shape index (κ1) is 18.3. The summed E-state index contributed by atoms with van der Waals surface area (Å²) in [6.07, 6.45) is -4.98. The van der Waals surface area contributed by atoms with Crippen molar-refractivity contribution in [3.63, 3.8) is 0 Å². The third kappa shape index (κ3) is 3.67. The van der Waals surface area contributed by atoms with Crippen LogP contribution in [0.3, 0.4) is 0 Å². The highest BCUT2D eigenvalue weighted by Gasteiger charge is 2.38. The molecule has 0 spiro atoms. The fourth-order valence-electron chi connectivity index (χ4n) is 2.39. The number of halogens is 4. The van der Waals surface area contributed by atoms with Crippen molar-refractivity contribution in [2.45, 2.75) is 25.9 Å². The van der Waals surface area contributed by atoms with E-state index in [1.54, 1.807) is 11.4 Å². The summed E-state index contributed by atoms with van der Waals surface area (Å²) in [7, 11) is 0. The lowest BCUT2D eigenvalue weighted by molar-refractivity contribution is -0.167. The van der Waals surface area contributed by atoms with Crippen molar-refractivity contribution in [2.24, 2.45) is 0 Å². The SMILES string of the molecule is CC(C)c1ccc2oc(-c3cc(NC(=O)C(F)(F)F)ccc3Cl)nc2c1. The van der Waals surface area contributed by atoms with Gasteiger partial charge in [-0.3, -0.25) is 4.79 Å². The van der Waals surface area contributed by atoms with Crippen molar-refractivity contribution >= 4 is 34.3 Å². The molecule has 0 atom stereocenters. The second kappa shape index (κ2) is 6.64. The Bertz CT molecular complexity index is 980. The summed E-state index contributed by atoms with van der Waals surface area (Å²) >= 11 is 6.13. The van der Waals surface area contributed by atoms with Gasteiger partial charge in [0.2, 0.25) is 5.89 Å². The molecule has 136 valence electrons. The minimum atomic E-state index is -4.98. The van der Waals surface area contributed by atoms with E-state index in [2.05, 4.69) is 4.98 Å². The van der Waals surface area contributed by atoms with Gasteiger partial charge in [-0.1, -0.05) is 31.5 Å². The van der Waals surface area contributed by atoms with E-state index in [1.165, 1.54) is 18.2 Å². The molecule has 26 heavy (non-hydrogen) atoms. The number of fused-ring (bicyclic) bond motifs is 1. The van der Waals surface area contributed by atoms with E-state index in [4.69, 9.17) is 16.0 Å². The fraction of sp³-hybridized carbons (Fsp3) is 0.222. The number of oxazole rings is 1. The average molecular weight is 383 g/mol. The second-order valence-corrected chi connectivity index (χ2v) is 6.45. The van der Waals surface area contributed by atoms with Crippen LogP contribution in [0.2, 0.25) is 5.02 Å². The number of amides is 1. The molecule has 1 amide bonds. The molecule has 0 aliphatic rings. The Kier molecular flexibility index (Phi) is 4.66. The third-order valence-electron chi connectivity index (χ3n) is 3.79. The molecule has 0 unspecified atom stereocenters. The molecule has 2 aromatic carbocycles. The smallest absolute Gasteiger partial charge is 0.436 e. The van der Waals surface area contributed by atoms with Crippen LogP contribution in [0.25, 0.3) is 22.6 Å². The first-order valence-electron chi connectivity index (χ1n) is 7.73. The van der Waals surface area contributed by atoms with Gasteiger partial charge in [0.05, 0.1) is 10.6 Å². The molecule has 1 aromatic heterocycles. The Morgan fingerprint density at radius 3 is 2.58 bits per heavy atom. The van der Waals surface area contributed by atoms with Gasteiger partial charge in [-0.2, -0.15) is 13.2 Å². The lowest BCUT2D eigenvalue weighted by Gasteiger charge is -2.09. The molecule has 0 aliphatic carbocycles. The predicted octanol–water partition coefficient (Wildman–Crippen LogP) is 5.77. The van der Waals surface area contributed by atoms with Crippen LogP contribution in [0.4, 0.5) is 18.9 Å². The summed E-state index contributed by atoms with van der Waals surface area (Å²) in [4.78, 5) is 15.5. The molecule has 3 aromatic rings. The summed E-state index contributed by atoms with van der Waals surface area (Å²) in [6.45, 7) is 4.09. The maximum Gasteiger partial charge on any atom is 0.471 e. The highest BCUT2D eigenvalue weighted by atomic mass is 35.5. The number of benzene rings is 2. The average Bonchev–Trinajstić information content (AvgIpc) is 2.98. The number of anilines is 1. The summed E-state index contributed by atoms with van der Waals surface area (Å²) < 4.78 is 42.9. The topological polar surface area (TPSA) is 55.1 Å². The van der Waals surface area contributed by atoms with Crippen LogP contribution in [0.1, 0.15) is 25.3 Å². The van der Waals surface area contributed by atoms with Gasteiger partial charge in [-0.15, -0.1) is 0 Å². The number of aromatic nitrogens is 1. The van der Waals surface area contributed by atoms with Gasteiger partial charge in [-0.05, 0) is 41.8 Å². The van der Waals surface area contributed by atoms with Crippen molar-refractivity contribution in [1.82, 2.24) is 4.98 Å². The Balaban J connectivity index is 1.99. The summed E-state index contributed by atoms with van der Waals surface area (Å²) in [5.74, 6) is -1.59. The summed E-state index contributed by atoms with van der Waals surface area (Å²) in [5, 5.41) is 2.03. The van der Waals surface area contributed by atoms with Crippen molar-refractivity contribution in [2.75, 3.05) is 5.32 Å². The number of carbonyl (C=O) groups is 1. The van der Waals surface area contributed by atoms with E-state index in [9.17, 15) is 18.0 Å². The number of nitrogens with zero attached hydrogens (tertiary/aromatic N) is 1. The molecular formula is C18H14ClF3N2O2. The van der Waals surface area contributed by atoms with E-state index in [0.717, 1.165) is 5.56 Å². The van der Waals surface area contributed by atoms with Crippen LogP contribution in [0, 0.1) is 0 Å². The number of hydrogen-bond donors (Lipinski definition) is 1. The number of alkyl halides is 3.